The van der Waals surface area contributed by atoms with Crippen molar-refractivity contribution < 1.29 is 14.4 Å². The first-order valence-electron chi connectivity index (χ1n) is 9.08. The van der Waals surface area contributed by atoms with Crippen molar-refractivity contribution in [2.45, 2.75) is 32.4 Å². The second kappa shape index (κ2) is 6.90. The van der Waals surface area contributed by atoms with Gasteiger partial charge in [-0.2, -0.15) is 0 Å². The molecule has 0 unspecified atom stereocenters. The lowest BCUT2D eigenvalue weighted by atomic mass is 10.0. The number of aromatic nitrogens is 1. The number of nitrogens with two attached hydrogens (primary N) is 1. The number of amides is 4. The predicted octanol–water partition coefficient (Wildman–Crippen LogP) is 2.19. The summed E-state index contributed by atoms with van der Waals surface area (Å²) in [7, 11) is 1.78. The molecule has 3 heterocycles. The van der Waals surface area contributed by atoms with Crippen molar-refractivity contribution in [3.8, 4) is 10.4 Å². The zero-order chi connectivity index (χ0) is 20.0. The highest BCUT2D eigenvalue weighted by Crippen LogP contribution is 2.35. The molecule has 2 aromatic rings. The number of primary amides is 1. The zero-order valence-corrected chi connectivity index (χ0v) is 16.5. The lowest BCUT2D eigenvalue weighted by molar-refractivity contribution is -0.121. The quantitative estimate of drug-likeness (QED) is 0.824. The Morgan fingerprint density at radius 2 is 2.14 bits per heavy atom. The number of carbonyl (C=O) groups excluding carboxylic acids is 3. The lowest BCUT2D eigenvalue weighted by Crippen LogP contribution is -2.45. The molecule has 28 heavy (non-hydrogen) atoms. The molecule has 0 saturated carbocycles. The Morgan fingerprint density at radius 1 is 1.36 bits per heavy atom. The molecule has 8 nitrogen and oxygen atoms in total. The van der Waals surface area contributed by atoms with Crippen molar-refractivity contribution in [1.29, 1.82) is 0 Å². The van der Waals surface area contributed by atoms with E-state index in [0.717, 1.165) is 33.7 Å². The van der Waals surface area contributed by atoms with E-state index in [2.05, 4.69) is 10.3 Å². The zero-order valence-electron chi connectivity index (χ0n) is 15.7. The molecule has 2 aliphatic heterocycles. The van der Waals surface area contributed by atoms with Crippen LogP contribution >= 0.6 is 11.3 Å². The number of carbonyl (C=O) groups is 3. The van der Waals surface area contributed by atoms with Crippen LogP contribution in [0, 0.1) is 6.92 Å². The fourth-order valence-electron chi connectivity index (χ4n) is 3.79. The first-order chi connectivity index (χ1) is 13.3. The van der Waals surface area contributed by atoms with E-state index in [9.17, 15) is 14.4 Å². The fourth-order valence-corrected chi connectivity index (χ4v) is 4.75. The van der Waals surface area contributed by atoms with Crippen LogP contribution in [0.2, 0.25) is 0 Å². The largest absolute Gasteiger partial charge is 0.368 e. The summed E-state index contributed by atoms with van der Waals surface area (Å²) in [5.74, 6) is -0.452. The molecular weight excluding hydrogens is 378 g/mol. The number of thiazole rings is 1. The maximum atomic E-state index is 12.5. The van der Waals surface area contributed by atoms with Crippen LogP contribution in [0.4, 0.5) is 9.93 Å². The third-order valence-electron chi connectivity index (χ3n) is 5.20. The Labute approximate surface area is 166 Å². The van der Waals surface area contributed by atoms with E-state index in [4.69, 9.17) is 5.73 Å². The van der Waals surface area contributed by atoms with Gasteiger partial charge in [-0.15, -0.1) is 0 Å². The van der Waals surface area contributed by atoms with Gasteiger partial charge in [-0.1, -0.05) is 17.4 Å². The molecule has 4 amide bonds. The maximum absolute atomic E-state index is 12.5. The predicted molar refractivity (Wildman–Crippen MR) is 106 cm³/mol. The molecule has 1 atom stereocenters. The van der Waals surface area contributed by atoms with Crippen LogP contribution in [0.3, 0.4) is 0 Å². The number of rotatable bonds is 3. The fraction of sp³-hybridized carbons (Fsp3) is 0.368. The summed E-state index contributed by atoms with van der Waals surface area (Å²) < 4.78 is 0. The molecule has 1 saturated heterocycles. The van der Waals surface area contributed by atoms with E-state index in [-0.39, 0.29) is 11.9 Å². The van der Waals surface area contributed by atoms with Gasteiger partial charge in [-0.05, 0) is 43.0 Å². The van der Waals surface area contributed by atoms with Crippen molar-refractivity contribution in [3.63, 3.8) is 0 Å². The maximum Gasteiger partial charge on any atom is 0.324 e. The average Bonchev–Trinajstić information content (AvgIpc) is 3.33. The molecule has 0 bridgehead atoms. The number of nitrogens with zero attached hydrogens (tertiary/aromatic N) is 3. The minimum Gasteiger partial charge on any atom is -0.368 e. The van der Waals surface area contributed by atoms with E-state index < -0.39 is 11.9 Å². The Morgan fingerprint density at radius 3 is 2.89 bits per heavy atom. The molecule has 9 heteroatoms. The normalized spacial score (nSPS) is 18.5. The van der Waals surface area contributed by atoms with Gasteiger partial charge in [0.2, 0.25) is 5.91 Å². The van der Waals surface area contributed by atoms with Gasteiger partial charge in [-0.25, -0.2) is 9.78 Å². The molecule has 146 valence electrons. The molecule has 0 radical (unpaired) electrons. The number of aryl methyl sites for hydroxylation is 1. The van der Waals surface area contributed by atoms with Gasteiger partial charge in [0.1, 0.15) is 6.04 Å². The van der Waals surface area contributed by atoms with Gasteiger partial charge in [0.05, 0.1) is 10.6 Å². The summed E-state index contributed by atoms with van der Waals surface area (Å²) in [6, 6.07) is 4.84. The van der Waals surface area contributed by atoms with Crippen LogP contribution in [0.1, 0.15) is 34.5 Å². The SMILES string of the molecule is Cc1nc(NC(=O)N2CCC[C@H]2C(N)=O)sc1-c1ccc2c(c1)CN(C)C2=O. The Hall–Kier alpha value is -2.94. The lowest BCUT2D eigenvalue weighted by Gasteiger charge is -2.21. The van der Waals surface area contributed by atoms with E-state index in [0.29, 0.717) is 24.6 Å². The number of hydrogen-bond donors (Lipinski definition) is 2. The van der Waals surface area contributed by atoms with E-state index >= 15 is 0 Å². The van der Waals surface area contributed by atoms with Crippen molar-refractivity contribution in [1.82, 2.24) is 14.8 Å². The number of urea groups is 1. The topological polar surface area (TPSA) is 109 Å². The third-order valence-corrected chi connectivity index (χ3v) is 6.33. The minimum atomic E-state index is -0.563. The average molecular weight is 399 g/mol. The molecule has 1 fully saturated rings. The summed E-state index contributed by atoms with van der Waals surface area (Å²) in [5.41, 5.74) is 8.87. The van der Waals surface area contributed by atoms with Crippen LogP contribution in [-0.4, -0.2) is 52.3 Å². The highest BCUT2D eigenvalue weighted by Gasteiger charge is 2.33. The number of anilines is 1. The molecule has 1 aromatic heterocycles. The van der Waals surface area contributed by atoms with Gasteiger partial charge in [0.15, 0.2) is 5.13 Å². The second-order valence-electron chi connectivity index (χ2n) is 7.15. The van der Waals surface area contributed by atoms with Crippen LogP contribution in [0.15, 0.2) is 18.2 Å². The number of nitrogens with one attached hydrogen (secondary N) is 1. The standard InChI is InChI=1S/C19H21N5O3S/c1-10-15(11-5-6-13-12(8-11)9-23(2)17(13)26)28-18(21-10)22-19(27)24-7-3-4-14(24)16(20)25/h5-6,8,14H,3-4,7,9H2,1-2H3,(H2,20,25)(H,21,22,27)/t14-/m0/s1. The van der Waals surface area contributed by atoms with Gasteiger partial charge in [-0.3, -0.25) is 14.9 Å². The van der Waals surface area contributed by atoms with Gasteiger partial charge >= 0.3 is 6.03 Å². The number of benzene rings is 1. The number of likely N-dealkylation sites (tertiary alicyclic amines) is 1. The Bertz CT molecular complexity index is 986. The highest BCUT2D eigenvalue weighted by atomic mass is 32.1. The molecule has 0 spiro atoms. The summed E-state index contributed by atoms with van der Waals surface area (Å²) in [6.07, 6.45) is 1.35. The van der Waals surface area contributed by atoms with Crippen molar-refractivity contribution in [3.05, 3.63) is 35.0 Å². The monoisotopic (exact) mass is 399 g/mol. The van der Waals surface area contributed by atoms with Crippen LogP contribution < -0.4 is 11.1 Å². The minimum absolute atomic E-state index is 0.0325. The number of fused-ring (bicyclic) bond motifs is 1. The van der Waals surface area contributed by atoms with Gasteiger partial charge < -0.3 is 15.5 Å². The summed E-state index contributed by atoms with van der Waals surface area (Å²) in [5, 5.41) is 3.26. The molecule has 4 rings (SSSR count). The molecule has 1 aromatic carbocycles. The first kappa shape index (κ1) is 18.4. The Balaban J connectivity index is 1.55. The van der Waals surface area contributed by atoms with E-state index in [1.165, 1.54) is 16.2 Å². The van der Waals surface area contributed by atoms with Crippen molar-refractivity contribution in [2.75, 3.05) is 18.9 Å². The van der Waals surface area contributed by atoms with Crippen LogP contribution in [0.25, 0.3) is 10.4 Å². The van der Waals surface area contributed by atoms with E-state index in [1.54, 1.807) is 11.9 Å². The summed E-state index contributed by atoms with van der Waals surface area (Å²) in [6.45, 7) is 2.98. The van der Waals surface area contributed by atoms with Crippen molar-refractivity contribution >= 4 is 34.3 Å². The molecule has 2 aliphatic rings. The Kier molecular flexibility index (Phi) is 4.54. The second-order valence-corrected chi connectivity index (χ2v) is 8.15. The third kappa shape index (κ3) is 3.11. The van der Waals surface area contributed by atoms with Crippen molar-refractivity contribution in [2.24, 2.45) is 5.73 Å². The highest BCUT2D eigenvalue weighted by molar-refractivity contribution is 7.19. The van der Waals surface area contributed by atoms with Gasteiger partial charge in [0.25, 0.3) is 5.91 Å². The van der Waals surface area contributed by atoms with Crippen LogP contribution in [-0.2, 0) is 11.3 Å². The number of hydrogen-bond acceptors (Lipinski definition) is 5. The van der Waals surface area contributed by atoms with Gasteiger partial charge in [0, 0.05) is 25.7 Å². The van der Waals surface area contributed by atoms with E-state index in [1.807, 2.05) is 25.1 Å². The van der Waals surface area contributed by atoms with Crippen LogP contribution in [0.5, 0.6) is 0 Å². The first-order valence-corrected chi connectivity index (χ1v) is 9.90. The summed E-state index contributed by atoms with van der Waals surface area (Å²) >= 11 is 1.37. The molecule has 0 aliphatic carbocycles. The summed E-state index contributed by atoms with van der Waals surface area (Å²) in [4.78, 5) is 44.7. The smallest absolute Gasteiger partial charge is 0.324 e. The molecule has 3 N–H and O–H groups in total. The molecular formula is C19H21N5O3S.